The van der Waals surface area contributed by atoms with E-state index in [-0.39, 0.29) is 5.82 Å². The average Bonchev–Trinajstić information content (AvgIpc) is 2.69. The van der Waals surface area contributed by atoms with Gasteiger partial charge in [-0.15, -0.1) is 0 Å². The normalized spacial score (nSPS) is 10.1. The van der Waals surface area contributed by atoms with E-state index in [1.807, 2.05) is 16.8 Å². The van der Waals surface area contributed by atoms with Gasteiger partial charge < -0.3 is 0 Å². The summed E-state index contributed by atoms with van der Waals surface area (Å²) in [6, 6.07) is 6.23. The second-order valence-electron chi connectivity index (χ2n) is 2.90. The predicted octanol–water partition coefficient (Wildman–Crippen LogP) is 3.37. The Bertz CT molecular complexity index is 448. The quantitative estimate of drug-likeness (QED) is 0.688. The molecule has 1 heterocycles. The lowest BCUT2D eigenvalue weighted by Gasteiger charge is -1.99. The topological polar surface area (TPSA) is 17.1 Å². The second-order valence-corrected chi connectivity index (χ2v) is 3.68. The van der Waals surface area contributed by atoms with Gasteiger partial charge >= 0.3 is 0 Å². The Balaban J connectivity index is 2.54. The molecule has 0 bridgehead atoms. The van der Waals surface area contributed by atoms with Crippen molar-refractivity contribution in [2.75, 3.05) is 0 Å². The number of carbonyl (C=O) groups excluding carboxylic acids is 1. The fourth-order valence-electron chi connectivity index (χ4n) is 1.28. The van der Waals surface area contributed by atoms with E-state index in [0.29, 0.717) is 11.8 Å². The maximum absolute atomic E-state index is 13.1. The molecule has 0 amide bonds. The lowest BCUT2D eigenvalue weighted by atomic mass is 10.1. The summed E-state index contributed by atoms with van der Waals surface area (Å²) in [4.78, 5) is 10.5. The van der Waals surface area contributed by atoms with Crippen molar-refractivity contribution in [1.29, 1.82) is 0 Å². The van der Waals surface area contributed by atoms with Crippen LogP contribution in [0.2, 0.25) is 0 Å². The molecule has 14 heavy (non-hydrogen) atoms. The standard InChI is InChI=1S/C11H7FOS/c12-11-4-8(6-13)3-10(5-11)9-1-2-14-7-9/h1-7H. The summed E-state index contributed by atoms with van der Waals surface area (Å²) in [5.41, 5.74) is 2.05. The molecular formula is C11H7FOS. The Morgan fingerprint density at radius 2 is 2.07 bits per heavy atom. The van der Waals surface area contributed by atoms with Crippen molar-refractivity contribution in [2.24, 2.45) is 0 Å². The number of thiophene rings is 1. The zero-order chi connectivity index (χ0) is 9.97. The van der Waals surface area contributed by atoms with Crippen LogP contribution >= 0.6 is 11.3 Å². The first-order valence-corrected chi connectivity index (χ1v) is 5.02. The van der Waals surface area contributed by atoms with E-state index in [0.717, 1.165) is 11.1 Å². The van der Waals surface area contributed by atoms with E-state index in [9.17, 15) is 9.18 Å². The van der Waals surface area contributed by atoms with Crippen LogP contribution in [0.3, 0.4) is 0 Å². The van der Waals surface area contributed by atoms with E-state index in [1.54, 1.807) is 17.4 Å². The third kappa shape index (κ3) is 1.72. The van der Waals surface area contributed by atoms with Gasteiger partial charge in [0.2, 0.25) is 0 Å². The molecule has 0 aliphatic carbocycles. The van der Waals surface area contributed by atoms with Gasteiger partial charge in [0, 0.05) is 5.56 Å². The number of hydrogen-bond donors (Lipinski definition) is 0. The molecule has 70 valence electrons. The van der Waals surface area contributed by atoms with Crippen LogP contribution in [0.1, 0.15) is 10.4 Å². The third-order valence-electron chi connectivity index (χ3n) is 1.91. The molecule has 0 fully saturated rings. The first-order valence-electron chi connectivity index (χ1n) is 4.08. The molecule has 0 atom stereocenters. The van der Waals surface area contributed by atoms with Crippen LogP contribution in [0.5, 0.6) is 0 Å². The molecule has 0 aliphatic heterocycles. The van der Waals surface area contributed by atoms with E-state index >= 15 is 0 Å². The summed E-state index contributed by atoms with van der Waals surface area (Å²) in [5, 5.41) is 3.84. The summed E-state index contributed by atoms with van der Waals surface area (Å²) in [6.07, 6.45) is 0.652. The summed E-state index contributed by atoms with van der Waals surface area (Å²) in [6.45, 7) is 0. The molecule has 0 aliphatic rings. The number of carbonyl (C=O) groups is 1. The van der Waals surface area contributed by atoms with Gasteiger partial charge in [-0.1, -0.05) is 0 Å². The summed E-state index contributed by atoms with van der Waals surface area (Å²) < 4.78 is 13.1. The van der Waals surface area contributed by atoms with E-state index < -0.39 is 0 Å². The zero-order valence-corrected chi connectivity index (χ0v) is 8.05. The van der Waals surface area contributed by atoms with Gasteiger partial charge in [0.15, 0.2) is 0 Å². The summed E-state index contributed by atoms with van der Waals surface area (Å²) in [7, 11) is 0. The third-order valence-corrected chi connectivity index (χ3v) is 2.59. The van der Waals surface area contributed by atoms with Crippen molar-refractivity contribution in [1.82, 2.24) is 0 Å². The van der Waals surface area contributed by atoms with Crippen molar-refractivity contribution in [3.8, 4) is 11.1 Å². The number of rotatable bonds is 2. The highest BCUT2D eigenvalue weighted by Gasteiger charge is 2.02. The Morgan fingerprint density at radius 3 is 2.71 bits per heavy atom. The van der Waals surface area contributed by atoms with Gasteiger partial charge in [-0.25, -0.2) is 4.39 Å². The maximum Gasteiger partial charge on any atom is 0.150 e. The predicted molar refractivity (Wildman–Crippen MR) is 55.1 cm³/mol. The van der Waals surface area contributed by atoms with Crippen LogP contribution in [0.4, 0.5) is 4.39 Å². The fraction of sp³-hybridized carbons (Fsp3) is 0. The molecular weight excluding hydrogens is 199 g/mol. The van der Waals surface area contributed by atoms with E-state index in [2.05, 4.69) is 0 Å². The van der Waals surface area contributed by atoms with Gasteiger partial charge in [0.1, 0.15) is 12.1 Å². The molecule has 1 nitrogen and oxygen atoms in total. The molecule has 0 spiro atoms. The molecule has 2 rings (SSSR count). The fourth-order valence-corrected chi connectivity index (χ4v) is 1.94. The maximum atomic E-state index is 13.1. The van der Waals surface area contributed by atoms with Crippen molar-refractivity contribution in [3.05, 3.63) is 46.4 Å². The molecule has 0 radical (unpaired) electrons. The highest BCUT2D eigenvalue weighted by molar-refractivity contribution is 7.08. The van der Waals surface area contributed by atoms with Crippen molar-refractivity contribution >= 4 is 17.6 Å². The Morgan fingerprint density at radius 1 is 1.21 bits per heavy atom. The molecule has 0 saturated heterocycles. The van der Waals surface area contributed by atoms with Crippen LogP contribution in [-0.2, 0) is 0 Å². The van der Waals surface area contributed by atoms with Gasteiger partial charge in [-0.2, -0.15) is 11.3 Å². The van der Waals surface area contributed by atoms with Gasteiger partial charge in [-0.3, -0.25) is 4.79 Å². The first kappa shape index (κ1) is 9.09. The average molecular weight is 206 g/mol. The van der Waals surface area contributed by atoms with Crippen LogP contribution in [0, 0.1) is 5.82 Å². The van der Waals surface area contributed by atoms with Gasteiger partial charge in [-0.05, 0) is 46.2 Å². The number of halogens is 1. The molecule has 0 saturated carbocycles. The molecule has 1 aromatic carbocycles. The Kier molecular flexibility index (Phi) is 2.41. The van der Waals surface area contributed by atoms with E-state index in [4.69, 9.17) is 0 Å². The summed E-state index contributed by atoms with van der Waals surface area (Å²) >= 11 is 1.54. The van der Waals surface area contributed by atoms with Crippen LogP contribution in [0.15, 0.2) is 35.0 Å². The minimum absolute atomic E-state index is 0.367. The van der Waals surface area contributed by atoms with Crippen molar-refractivity contribution < 1.29 is 9.18 Å². The molecule has 0 unspecified atom stereocenters. The van der Waals surface area contributed by atoms with Crippen molar-refractivity contribution in [3.63, 3.8) is 0 Å². The minimum atomic E-state index is -0.379. The lowest BCUT2D eigenvalue weighted by Crippen LogP contribution is -1.84. The van der Waals surface area contributed by atoms with Crippen LogP contribution in [-0.4, -0.2) is 6.29 Å². The van der Waals surface area contributed by atoms with E-state index in [1.165, 1.54) is 12.1 Å². The molecule has 0 N–H and O–H groups in total. The SMILES string of the molecule is O=Cc1cc(F)cc(-c2ccsc2)c1. The largest absolute Gasteiger partial charge is 0.298 e. The van der Waals surface area contributed by atoms with Crippen LogP contribution < -0.4 is 0 Å². The molecule has 3 heteroatoms. The Labute approximate surface area is 84.8 Å². The van der Waals surface area contributed by atoms with Gasteiger partial charge in [0.25, 0.3) is 0 Å². The molecule has 1 aromatic heterocycles. The minimum Gasteiger partial charge on any atom is -0.298 e. The first-order chi connectivity index (χ1) is 6.79. The Hall–Kier alpha value is -1.48. The number of benzene rings is 1. The van der Waals surface area contributed by atoms with Crippen molar-refractivity contribution in [2.45, 2.75) is 0 Å². The molecule has 2 aromatic rings. The number of hydrogen-bond acceptors (Lipinski definition) is 2. The highest BCUT2D eigenvalue weighted by Crippen LogP contribution is 2.23. The van der Waals surface area contributed by atoms with Gasteiger partial charge in [0.05, 0.1) is 0 Å². The summed E-state index contributed by atoms with van der Waals surface area (Å²) in [5.74, 6) is -0.379. The zero-order valence-electron chi connectivity index (χ0n) is 7.24. The van der Waals surface area contributed by atoms with Crippen LogP contribution in [0.25, 0.3) is 11.1 Å². The lowest BCUT2D eigenvalue weighted by molar-refractivity contribution is 0.112. The smallest absolute Gasteiger partial charge is 0.150 e. The monoisotopic (exact) mass is 206 g/mol. The second kappa shape index (κ2) is 3.72. The highest BCUT2D eigenvalue weighted by atomic mass is 32.1. The number of aldehydes is 1.